The van der Waals surface area contributed by atoms with Crippen molar-refractivity contribution in [1.29, 1.82) is 0 Å². The molecule has 1 aromatic carbocycles. The standard InChI is InChI=1S/C21H29N7OS/c1-4-18(27-23-5-2)25-21-26-19(12-16(13-22)28(21)3)30-17-10-8-15(9-11-17)24-20(29)14-6-7-14/h8-14,23H,4-7,22H2,1-3H3,(H,24,29)(H,25,26,27)/b16-13-. The quantitative estimate of drug-likeness (QED) is 0.303. The maximum Gasteiger partial charge on any atom is 0.232 e. The van der Waals surface area contributed by atoms with Crippen LogP contribution in [0.15, 0.2) is 62.1 Å². The Morgan fingerprint density at radius 1 is 1.33 bits per heavy atom. The zero-order chi connectivity index (χ0) is 21.5. The van der Waals surface area contributed by atoms with E-state index in [4.69, 9.17) is 10.7 Å². The number of carbonyl (C=O) groups is 1. The molecule has 160 valence electrons. The van der Waals surface area contributed by atoms with Gasteiger partial charge in [0.25, 0.3) is 0 Å². The lowest BCUT2D eigenvalue weighted by molar-refractivity contribution is -0.117. The predicted molar refractivity (Wildman–Crippen MR) is 124 cm³/mol. The molecule has 0 atom stereocenters. The van der Waals surface area contributed by atoms with E-state index >= 15 is 0 Å². The summed E-state index contributed by atoms with van der Waals surface area (Å²) in [4.78, 5) is 24.1. The molecule has 1 amide bonds. The number of amidine groups is 1. The van der Waals surface area contributed by atoms with E-state index in [9.17, 15) is 4.79 Å². The van der Waals surface area contributed by atoms with Crippen molar-refractivity contribution in [3.8, 4) is 0 Å². The minimum atomic E-state index is 0.108. The average molecular weight is 428 g/mol. The molecule has 0 radical (unpaired) electrons. The Balaban J connectivity index is 1.73. The van der Waals surface area contributed by atoms with Crippen LogP contribution in [0.2, 0.25) is 0 Å². The van der Waals surface area contributed by atoms with Crippen molar-refractivity contribution in [2.75, 3.05) is 18.9 Å². The fraction of sp³-hybridized carbons (Fsp3) is 0.381. The molecule has 1 fully saturated rings. The summed E-state index contributed by atoms with van der Waals surface area (Å²) in [5.74, 6) is 1.65. The van der Waals surface area contributed by atoms with E-state index in [0.29, 0.717) is 5.96 Å². The van der Waals surface area contributed by atoms with Crippen LogP contribution < -0.4 is 21.9 Å². The van der Waals surface area contributed by atoms with Gasteiger partial charge in [-0.1, -0.05) is 25.6 Å². The first-order valence-electron chi connectivity index (χ1n) is 10.1. The highest BCUT2D eigenvalue weighted by molar-refractivity contribution is 8.03. The van der Waals surface area contributed by atoms with Crippen LogP contribution >= 0.6 is 11.8 Å². The number of nitrogens with zero attached hydrogens (tertiary/aromatic N) is 3. The Morgan fingerprint density at radius 2 is 2.07 bits per heavy atom. The lowest BCUT2D eigenvalue weighted by Gasteiger charge is -2.24. The number of benzene rings is 1. The van der Waals surface area contributed by atoms with Gasteiger partial charge in [-0.2, -0.15) is 4.99 Å². The third kappa shape index (κ3) is 5.87. The van der Waals surface area contributed by atoms with Gasteiger partial charge >= 0.3 is 0 Å². The van der Waals surface area contributed by atoms with Crippen LogP contribution in [-0.4, -0.2) is 36.2 Å². The van der Waals surface area contributed by atoms with Gasteiger partial charge < -0.3 is 21.4 Å². The first-order valence-corrected chi connectivity index (χ1v) is 11.0. The highest BCUT2D eigenvalue weighted by Gasteiger charge is 2.29. The van der Waals surface area contributed by atoms with Crippen molar-refractivity contribution >= 4 is 35.2 Å². The third-order valence-corrected chi connectivity index (χ3v) is 5.54. The summed E-state index contributed by atoms with van der Waals surface area (Å²) >= 11 is 1.52. The maximum atomic E-state index is 11.9. The number of carbonyl (C=O) groups excluding carboxylic acids is 1. The molecule has 9 heteroatoms. The molecule has 0 unspecified atom stereocenters. The molecule has 1 heterocycles. The zero-order valence-electron chi connectivity index (χ0n) is 17.6. The van der Waals surface area contributed by atoms with Crippen LogP contribution in [0.4, 0.5) is 5.69 Å². The number of anilines is 1. The molecule has 1 saturated carbocycles. The van der Waals surface area contributed by atoms with E-state index < -0.39 is 0 Å². The lowest BCUT2D eigenvalue weighted by atomic mass is 10.3. The fourth-order valence-corrected chi connectivity index (χ4v) is 3.50. The number of nitrogens with two attached hydrogens (primary N) is 1. The molecule has 0 spiro atoms. The number of hydrogen-bond donors (Lipinski definition) is 4. The number of thioether (sulfide) groups is 1. The second kappa shape index (κ2) is 10.3. The highest BCUT2D eigenvalue weighted by Crippen LogP contribution is 2.33. The van der Waals surface area contributed by atoms with Gasteiger partial charge in [-0.25, -0.2) is 10.4 Å². The molecule has 30 heavy (non-hydrogen) atoms. The number of likely N-dealkylation sites (N-methyl/N-ethyl adjacent to an activating group) is 1. The number of guanidine groups is 1. The Labute approximate surface area is 181 Å². The summed E-state index contributed by atoms with van der Waals surface area (Å²) < 4.78 is 0. The van der Waals surface area contributed by atoms with E-state index in [1.54, 1.807) is 6.20 Å². The molecule has 3 rings (SSSR count). The molecule has 8 nitrogen and oxygen atoms in total. The van der Waals surface area contributed by atoms with Gasteiger partial charge in [-0.05, 0) is 43.2 Å². The number of rotatable bonds is 7. The molecule has 5 N–H and O–H groups in total. The van der Waals surface area contributed by atoms with Crippen molar-refractivity contribution in [3.63, 3.8) is 0 Å². The second-order valence-corrected chi connectivity index (χ2v) is 8.10. The summed E-state index contributed by atoms with van der Waals surface area (Å²) in [5.41, 5.74) is 13.6. The molecule has 1 aromatic rings. The van der Waals surface area contributed by atoms with Crippen molar-refractivity contribution in [3.05, 3.63) is 47.3 Å². The Hall–Kier alpha value is -2.78. The van der Waals surface area contributed by atoms with Crippen LogP contribution in [0.3, 0.4) is 0 Å². The molecular weight excluding hydrogens is 398 g/mol. The largest absolute Gasteiger partial charge is 0.403 e. The monoisotopic (exact) mass is 427 g/mol. The number of hydrogen-bond acceptors (Lipinski definition) is 7. The van der Waals surface area contributed by atoms with Gasteiger partial charge in [0.15, 0.2) is 0 Å². The highest BCUT2D eigenvalue weighted by atomic mass is 32.2. The minimum Gasteiger partial charge on any atom is -0.403 e. The van der Waals surface area contributed by atoms with Gasteiger partial charge in [-0.3, -0.25) is 4.79 Å². The number of aliphatic imine (C=N–C) groups is 2. The van der Waals surface area contributed by atoms with Gasteiger partial charge in [0, 0.05) is 42.7 Å². The molecular formula is C21H29N7OS. The summed E-state index contributed by atoms with van der Waals surface area (Å²) in [6, 6.07) is 7.77. The van der Waals surface area contributed by atoms with Crippen molar-refractivity contribution in [1.82, 2.24) is 15.8 Å². The number of hydrazine groups is 1. The number of amides is 1. The smallest absolute Gasteiger partial charge is 0.232 e. The fourth-order valence-electron chi connectivity index (χ4n) is 2.68. The van der Waals surface area contributed by atoms with E-state index in [1.165, 1.54) is 11.8 Å². The lowest BCUT2D eigenvalue weighted by Crippen LogP contribution is -2.38. The normalized spacial score (nSPS) is 18.2. The Bertz CT molecular complexity index is 885. The first-order chi connectivity index (χ1) is 14.5. The zero-order valence-corrected chi connectivity index (χ0v) is 18.4. The summed E-state index contributed by atoms with van der Waals surface area (Å²) in [6.45, 7) is 4.83. The van der Waals surface area contributed by atoms with E-state index in [-0.39, 0.29) is 11.8 Å². The summed E-state index contributed by atoms with van der Waals surface area (Å²) in [7, 11) is 1.89. The summed E-state index contributed by atoms with van der Waals surface area (Å²) in [5, 5.41) is 3.74. The molecule has 1 aliphatic heterocycles. The Morgan fingerprint density at radius 3 is 2.67 bits per heavy atom. The van der Waals surface area contributed by atoms with E-state index in [0.717, 1.165) is 53.0 Å². The minimum absolute atomic E-state index is 0.108. The Kier molecular flexibility index (Phi) is 7.53. The third-order valence-electron chi connectivity index (χ3n) is 4.61. The second-order valence-electron chi connectivity index (χ2n) is 7.00. The van der Waals surface area contributed by atoms with Crippen LogP contribution in [-0.2, 0) is 4.79 Å². The van der Waals surface area contributed by atoms with Crippen LogP contribution in [0, 0.1) is 5.92 Å². The van der Waals surface area contributed by atoms with Gasteiger partial charge in [0.2, 0.25) is 11.9 Å². The van der Waals surface area contributed by atoms with E-state index in [1.807, 2.05) is 56.1 Å². The molecule has 0 saturated heterocycles. The topological polar surface area (TPSA) is 107 Å². The van der Waals surface area contributed by atoms with Gasteiger partial charge in [-0.15, -0.1) is 0 Å². The SMILES string of the molecule is CCNN/C(CC)=N/C1=NC(Sc2ccc(NC(=O)C3CC3)cc2)=C/C(=C/N)N1C. The van der Waals surface area contributed by atoms with Crippen molar-refractivity contribution < 1.29 is 4.79 Å². The molecule has 2 aliphatic rings. The van der Waals surface area contributed by atoms with Crippen molar-refractivity contribution in [2.45, 2.75) is 38.0 Å². The van der Waals surface area contributed by atoms with Gasteiger partial charge in [0.1, 0.15) is 10.9 Å². The van der Waals surface area contributed by atoms with Crippen LogP contribution in [0.1, 0.15) is 33.1 Å². The molecule has 0 bridgehead atoms. The summed E-state index contributed by atoms with van der Waals surface area (Å²) in [6.07, 6.45) is 6.19. The van der Waals surface area contributed by atoms with Gasteiger partial charge in [0.05, 0.1) is 5.70 Å². The maximum absolute atomic E-state index is 11.9. The molecule has 0 aromatic heterocycles. The number of allylic oxidation sites excluding steroid dienone is 1. The first kappa shape index (κ1) is 21.9. The van der Waals surface area contributed by atoms with E-state index in [2.05, 4.69) is 21.2 Å². The average Bonchev–Trinajstić information content (AvgIpc) is 3.60. The predicted octanol–water partition coefficient (Wildman–Crippen LogP) is 2.99. The van der Waals surface area contributed by atoms with Crippen LogP contribution in [0.25, 0.3) is 0 Å². The van der Waals surface area contributed by atoms with Crippen LogP contribution in [0.5, 0.6) is 0 Å². The molecule has 1 aliphatic carbocycles. The number of nitrogens with one attached hydrogen (secondary N) is 3. The van der Waals surface area contributed by atoms with Crippen molar-refractivity contribution in [2.24, 2.45) is 21.6 Å².